The largest absolute Gasteiger partial charge is 0.389 e. The number of hydrogen-bond acceptors (Lipinski definition) is 3. The number of aliphatic hydroxyl groups is 1. The molecule has 1 aromatic carbocycles. The van der Waals surface area contributed by atoms with Gasteiger partial charge in [0.2, 0.25) is 0 Å². The van der Waals surface area contributed by atoms with Gasteiger partial charge < -0.3 is 10.0 Å². The molecule has 0 aliphatic heterocycles. The number of aryl methyl sites for hydroxylation is 2. The first-order valence-corrected chi connectivity index (χ1v) is 6.44. The molecule has 1 aromatic heterocycles. The molecule has 3 nitrogen and oxygen atoms in total. The van der Waals surface area contributed by atoms with Gasteiger partial charge in [-0.05, 0) is 44.0 Å². The van der Waals surface area contributed by atoms with Gasteiger partial charge in [0.15, 0.2) is 0 Å². The summed E-state index contributed by atoms with van der Waals surface area (Å²) >= 11 is 0. The van der Waals surface area contributed by atoms with Crippen molar-refractivity contribution >= 4 is 11.5 Å². The van der Waals surface area contributed by atoms with Crippen molar-refractivity contribution in [2.24, 2.45) is 0 Å². The minimum atomic E-state index is -0.479. The molecule has 0 radical (unpaired) electrons. The molecule has 2 aromatic rings. The van der Waals surface area contributed by atoms with Gasteiger partial charge in [-0.3, -0.25) is 0 Å². The Morgan fingerprint density at radius 3 is 2.42 bits per heavy atom. The highest BCUT2D eigenvalue weighted by atomic mass is 16.3. The zero-order valence-electron chi connectivity index (χ0n) is 11.9. The Balaban J connectivity index is 2.30. The Morgan fingerprint density at radius 1 is 1.16 bits per heavy atom. The standard InChI is InChI=1S/C16H20N2O/c1-11-5-7-15(12(2)9-11)18(4)16-8-6-14(10-17-16)13(3)19/h5-10,13,19H,1-4H3. The molecule has 1 heterocycles. The van der Waals surface area contributed by atoms with E-state index in [4.69, 9.17) is 0 Å². The maximum atomic E-state index is 9.49. The first-order chi connectivity index (χ1) is 8.99. The van der Waals surface area contributed by atoms with Crippen molar-refractivity contribution in [3.8, 4) is 0 Å². The lowest BCUT2D eigenvalue weighted by atomic mass is 10.1. The van der Waals surface area contributed by atoms with Crippen LogP contribution in [0, 0.1) is 13.8 Å². The van der Waals surface area contributed by atoms with Crippen molar-refractivity contribution in [3.63, 3.8) is 0 Å². The molecule has 0 aliphatic rings. The van der Waals surface area contributed by atoms with E-state index in [1.54, 1.807) is 13.1 Å². The fraction of sp³-hybridized carbons (Fsp3) is 0.312. The van der Waals surface area contributed by atoms with Gasteiger partial charge in [0.05, 0.1) is 6.10 Å². The van der Waals surface area contributed by atoms with E-state index in [0.717, 1.165) is 17.1 Å². The van der Waals surface area contributed by atoms with Gasteiger partial charge in [-0.2, -0.15) is 0 Å². The number of benzene rings is 1. The monoisotopic (exact) mass is 256 g/mol. The summed E-state index contributed by atoms with van der Waals surface area (Å²) in [4.78, 5) is 6.46. The fourth-order valence-electron chi connectivity index (χ4n) is 2.15. The number of aliphatic hydroxyl groups excluding tert-OH is 1. The molecule has 3 heteroatoms. The maximum absolute atomic E-state index is 9.49. The number of pyridine rings is 1. The topological polar surface area (TPSA) is 36.4 Å². The van der Waals surface area contributed by atoms with Crippen molar-refractivity contribution in [3.05, 3.63) is 53.2 Å². The highest BCUT2D eigenvalue weighted by Gasteiger charge is 2.09. The zero-order chi connectivity index (χ0) is 14.0. The predicted octanol–water partition coefficient (Wildman–Crippen LogP) is 3.52. The minimum Gasteiger partial charge on any atom is -0.389 e. The molecule has 100 valence electrons. The van der Waals surface area contributed by atoms with Crippen LogP contribution >= 0.6 is 0 Å². The summed E-state index contributed by atoms with van der Waals surface area (Å²) in [7, 11) is 2.00. The van der Waals surface area contributed by atoms with Gasteiger partial charge in [-0.1, -0.05) is 23.8 Å². The Kier molecular flexibility index (Phi) is 3.86. The molecular formula is C16H20N2O. The van der Waals surface area contributed by atoms with Crippen LogP contribution in [0.5, 0.6) is 0 Å². The van der Waals surface area contributed by atoms with Crippen molar-refractivity contribution in [1.29, 1.82) is 0 Å². The van der Waals surface area contributed by atoms with Crippen LogP contribution in [0.15, 0.2) is 36.5 Å². The van der Waals surface area contributed by atoms with Crippen molar-refractivity contribution in [1.82, 2.24) is 4.98 Å². The van der Waals surface area contributed by atoms with Gasteiger partial charge >= 0.3 is 0 Å². The van der Waals surface area contributed by atoms with E-state index in [9.17, 15) is 5.11 Å². The quantitative estimate of drug-likeness (QED) is 0.912. The lowest BCUT2D eigenvalue weighted by Gasteiger charge is -2.21. The number of hydrogen-bond donors (Lipinski definition) is 1. The van der Waals surface area contributed by atoms with Crippen LogP contribution in [0.1, 0.15) is 29.7 Å². The summed E-state index contributed by atoms with van der Waals surface area (Å²) < 4.78 is 0. The van der Waals surface area contributed by atoms with Crippen LogP contribution in [-0.4, -0.2) is 17.1 Å². The molecule has 0 saturated heterocycles. The SMILES string of the molecule is Cc1ccc(N(C)c2ccc(C(C)O)cn2)c(C)c1. The molecule has 1 N–H and O–H groups in total. The van der Waals surface area contributed by atoms with Crippen LogP contribution in [0.2, 0.25) is 0 Å². The summed E-state index contributed by atoms with van der Waals surface area (Å²) in [6, 6.07) is 10.2. The molecule has 0 fully saturated rings. The normalized spacial score (nSPS) is 12.3. The molecule has 0 spiro atoms. The van der Waals surface area contributed by atoms with E-state index in [1.807, 2.05) is 19.2 Å². The summed E-state index contributed by atoms with van der Waals surface area (Å²) in [6.45, 7) is 5.93. The first-order valence-electron chi connectivity index (χ1n) is 6.44. The summed E-state index contributed by atoms with van der Waals surface area (Å²) in [6.07, 6.45) is 1.24. The molecule has 1 unspecified atom stereocenters. The van der Waals surface area contributed by atoms with Crippen LogP contribution in [-0.2, 0) is 0 Å². The lowest BCUT2D eigenvalue weighted by Crippen LogP contribution is -2.12. The molecule has 0 aliphatic carbocycles. The van der Waals surface area contributed by atoms with Crippen molar-refractivity contribution in [2.75, 3.05) is 11.9 Å². The summed E-state index contributed by atoms with van der Waals surface area (Å²) in [5, 5.41) is 9.49. The minimum absolute atomic E-state index is 0.479. The van der Waals surface area contributed by atoms with E-state index in [1.165, 1.54) is 11.1 Å². The first kappa shape index (κ1) is 13.6. The second-order valence-electron chi connectivity index (χ2n) is 4.97. The third-order valence-electron chi connectivity index (χ3n) is 3.31. The molecule has 0 bridgehead atoms. The average molecular weight is 256 g/mol. The third-order valence-corrected chi connectivity index (χ3v) is 3.31. The summed E-state index contributed by atoms with van der Waals surface area (Å²) in [5.74, 6) is 0.872. The van der Waals surface area contributed by atoms with Crippen LogP contribution in [0.3, 0.4) is 0 Å². The second-order valence-corrected chi connectivity index (χ2v) is 4.97. The Bertz CT molecular complexity index is 561. The van der Waals surface area contributed by atoms with E-state index in [2.05, 4.69) is 41.9 Å². The zero-order valence-corrected chi connectivity index (χ0v) is 11.9. The molecule has 0 saturated carbocycles. The number of aromatic nitrogens is 1. The summed E-state index contributed by atoms with van der Waals surface area (Å²) in [5.41, 5.74) is 4.46. The molecule has 2 rings (SSSR count). The van der Waals surface area contributed by atoms with Gasteiger partial charge in [-0.15, -0.1) is 0 Å². The second kappa shape index (κ2) is 5.41. The highest BCUT2D eigenvalue weighted by molar-refractivity contribution is 5.63. The van der Waals surface area contributed by atoms with Gasteiger partial charge in [0.25, 0.3) is 0 Å². The fourth-order valence-corrected chi connectivity index (χ4v) is 2.15. The smallest absolute Gasteiger partial charge is 0.132 e. The maximum Gasteiger partial charge on any atom is 0.132 e. The third kappa shape index (κ3) is 2.93. The van der Waals surface area contributed by atoms with E-state index >= 15 is 0 Å². The van der Waals surface area contributed by atoms with E-state index in [0.29, 0.717) is 0 Å². The molecule has 0 amide bonds. The average Bonchev–Trinajstić information content (AvgIpc) is 2.38. The lowest BCUT2D eigenvalue weighted by molar-refractivity contribution is 0.199. The Hall–Kier alpha value is -1.87. The van der Waals surface area contributed by atoms with Crippen molar-refractivity contribution < 1.29 is 5.11 Å². The predicted molar refractivity (Wildman–Crippen MR) is 78.8 cm³/mol. The molecular weight excluding hydrogens is 236 g/mol. The molecule has 19 heavy (non-hydrogen) atoms. The van der Waals surface area contributed by atoms with Crippen LogP contribution in [0.25, 0.3) is 0 Å². The molecule has 1 atom stereocenters. The number of rotatable bonds is 3. The van der Waals surface area contributed by atoms with Crippen LogP contribution < -0.4 is 4.90 Å². The van der Waals surface area contributed by atoms with E-state index in [-0.39, 0.29) is 0 Å². The Morgan fingerprint density at radius 2 is 1.89 bits per heavy atom. The van der Waals surface area contributed by atoms with Gasteiger partial charge in [0, 0.05) is 18.9 Å². The van der Waals surface area contributed by atoms with E-state index < -0.39 is 6.10 Å². The van der Waals surface area contributed by atoms with Crippen LogP contribution in [0.4, 0.5) is 11.5 Å². The Labute approximate surface area is 114 Å². The van der Waals surface area contributed by atoms with Crippen molar-refractivity contribution in [2.45, 2.75) is 26.9 Å². The highest BCUT2D eigenvalue weighted by Crippen LogP contribution is 2.26. The van der Waals surface area contributed by atoms with Gasteiger partial charge in [-0.25, -0.2) is 4.98 Å². The number of anilines is 2. The van der Waals surface area contributed by atoms with Gasteiger partial charge in [0.1, 0.15) is 5.82 Å². The number of nitrogens with zero attached hydrogens (tertiary/aromatic N) is 2.